The van der Waals surface area contributed by atoms with Gasteiger partial charge in [0.25, 0.3) is 0 Å². The van der Waals surface area contributed by atoms with Crippen molar-refractivity contribution in [3.05, 3.63) is 22.4 Å². The highest BCUT2D eigenvalue weighted by molar-refractivity contribution is 7.09. The van der Waals surface area contributed by atoms with Crippen molar-refractivity contribution in [3.8, 4) is 0 Å². The monoisotopic (exact) mass is 225 g/mol. The van der Waals surface area contributed by atoms with Gasteiger partial charge in [-0.1, -0.05) is 6.07 Å². The van der Waals surface area contributed by atoms with Gasteiger partial charge in [0, 0.05) is 17.5 Å². The fourth-order valence-electron chi connectivity index (χ4n) is 2.11. The van der Waals surface area contributed by atoms with Gasteiger partial charge in [-0.3, -0.25) is 0 Å². The van der Waals surface area contributed by atoms with Gasteiger partial charge < -0.3 is 10.5 Å². The van der Waals surface area contributed by atoms with Crippen LogP contribution in [0, 0.1) is 0 Å². The molecule has 1 aliphatic heterocycles. The zero-order valence-electron chi connectivity index (χ0n) is 9.24. The Bertz CT molecular complexity index is 291. The lowest BCUT2D eigenvalue weighted by Crippen LogP contribution is -2.50. The van der Waals surface area contributed by atoms with Gasteiger partial charge in [0.2, 0.25) is 0 Å². The summed E-state index contributed by atoms with van der Waals surface area (Å²) >= 11 is 1.78. The van der Waals surface area contributed by atoms with Crippen LogP contribution in [0.2, 0.25) is 0 Å². The van der Waals surface area contributed by atoms with Crippen molar-refractivity contribution in [3.63, 3.8) is 0 Å². The highest BCUT2D eigenvalue weighted by Crippen LogP contribution is 2.29. The Kier molecular flexibility index (Phi) is 3.44. The predicted octanol–water partition coefficient (Wildman–Crippen LogP) is 2.58. The van der Waals surface area contributed by atoms with Crippen LogP contribution in [0.1, 0.15) is 31.1 Å². The Hall–Kier alpha value is -0.380. The molecule has 1 aromatic rings. The van der Waals surface area contributed by atoms with Gasteiger partial charge in [-0.05, 0) is 44.1 Å². The van der Waals surface area contributed by atoms with Gasteiger partial charge in [-0.2, -0.15) is 0 Å². The van der Waals surface area contributed by atoms with E-state index in [0.29, 0.717) is 0 Å². The molecule has 2 heterocycles. The average Bonchev–Trinajstić information content (AvgIpc) is 2.71. The first-order chi connectivity index (χ1) is 7.21. The van der Waals surface area contributed by atoms with Crippen LogP contribution >= 0.6 is 11.3 Å². The molecule has 2 rings (SSSR count). The Balaban J connectivity index is 1.97. The minimum atomic E-state index is -0.109. The molecular formula is C12H19NOS. The van der Waals surface area contributed by atoms with Crippen LogP contribution in [0.3, 0.4) is 0 Å². The Labute approximate surface area is 95.4 Å². The van der Waals surface area contributed by atoms with E-state index in [1.54, 1.807) is 11.3 Å². The molecule has 2 N–H and O–H groups in total. The third kappa shape index (κ3) is 2.60. The summed E-state index contributed by atoms with van der Waals surface area (Å²) in [6.45, 7) is 3.03. The van der Waals surface area contributed by atoms with Crippen LogP contribution in [-0.2, 0) is 11.2 Å². The van der Waals surface area contributed by atoms with Crippen LogP contribution in [0.15, 0.2) is 17.5 Å². The summed E-state index contributed by atoms with van der Waals surface area (Å²) in [4.78, 5) is 1.36. The van der Waals surface area contributed by atoms with Gasteiger partial charge >= 0.3 is 0 Å². The molecule has 84 valence electrons. The van der Waals surface area contributed by atoms with Crippen molar-refractivity contribution in [2.75, 3.05) is 6.61 Å². The number of hydrogen-bond donors (Lipinski definition) is 1. The Morgan fingerprint density at radius 2 is 2.47 bits per heavy atom. The molecule has 0 amide bonds. The standard InChI is InChI=1S/C12H19NOS/c1-12(6-2-3-7-14-12)11(13)9-10-5-4-8-15-10/h4-5,8,11H,2-3,6-7,9,13H2,1H3. The molecule has 0 bridgehead atoms. The molecule has 0 aliphatic carbocycles. The van der Waals surface area contributed by atoms with Crippen LogP contribution < -0.4 is 5.73 Å². The lowest BCUT2D eigenvalue weighted by molar-refractivity contribution is -0.0807. The molecule has 0 spiro atoms. The van der Waals surface area contributed by atoms with Crippen LogP contribution in [0.25, 0.3) is 0 Å². The summed E-state index contributed by atoms with van der Waals surface area (Å²) in [5.74, 6) is 0. The molecule has 2 nitrogen and oxygen atoms in total. The van der Waals surface area contributed by atoms with Crippen LogP contribution in [0.4, 0.5) is 0 Å². The zero-order valence-corrected chi connectivity index (χ0v) is 10.1. The first kappa shape index (κ1) is 11.1. The normalized spacial score (nSPS) is 28.9. The first-order valence-corrected chi connectivity index (χ1v) is 6.50. The maximum absolute atomic E-state index is 6.26. The second kappa shape index (κ2) is 4.64. The van der Waals surface area contributed by atoms with Crippen molar-refractivity contribution in [1.82, 2.24) is 0 Å². The number of hydrogen-bond acceptors (Lipinski definition) is 3. The first-order valence-electron chi connectivity index (χ1n) is 5.63. The second-order valence-electron chi connectivity index (χ2n) is 4.51. The molecule has 0 radical (unpaired) electrons. The summed E-state index contributed by atoms with van der Waals surface area (Å²) < 4.78 is 5.86. The molecule has 3 heteroatoms. The lowest BCUT2D eigenvalue weighted by Gasteiger charge is -2.38. The quantitative estimate of drug-likeness (QED) is 0.858. The van der Waals surface area contributed by atoms with Crippen molar-refractivity contribution in [2.24, 2.45) is 5.73 Å². The third-order valence-corrected chi connectivity index (χ3v) is 4.18. The molecule has 1 aromatic heterocycles. The molecule has 2 atom stereocenters. The summed E-state index contributed by atoms with van der Waals surface area (Å²) in [5, 5.41) is 2.10. The third-order valence-electron chi connectivity index (χ3n) is 3.28. The number of nitrogens with two attached hydrogens (primary N) is 1. The molecular weight excluding hydrogens is 206 g/mol. The summed E-state index contributed by atoms with van der Waals surface area (Å²) in [5.41, 5.74) is 6.15. The fourth-order valence-corrected chi connectivity index (χ4v) is 2.87. The topological polar surface area (TPSA) is 35.2 Å². The second-order valence-corrected chi connectivity index (χ2v) is 5.54. The largest absolute Gasteiger partial charge is 0.374 e. The van der Waals surface area contributed by atoms with Crippen LogP contribution in [0.5, 0.6) is 0 Å². The van der Waals surface area contributed by atoms with E-state index in [2.05, 4.69) is 24.4 Å². The van der Waals surface area contributed by atoms with E-state index >= 15 is 0 Å². The lowest BCUT2D eigenvalue weighted by atomic mass is 9.87. The van der Waals surface area contributed by atoms with E-state index < -0.39 is 0 Å². The Morgan fingerprint density at radius 1 is 1.60 bits per heavy atom. The van der Waals surface area contributed by atoms with E-state index in [1.165, 1.54) is 17.7 Å². The number of ether oxygens (including phenoxy) is 1. The van der Waals surface area contributed by atoms with Gasteiger partial charge in [0.05, 0.1) is 5.60 Å². The van der Waals surface area contributed by atoms with Gasteiger partial charge in [-0.25, -0.2) is 0 Å². The van der Waals surface area contributed by atoms with Gasteiger partial charge in [-0.15, -0.1) is 11.3 Å². The molecule has 1 saturated heterocycles. The molecule has 2 unspecified atom stereocenters. The average molecular weight is 225 g/mol. The van der Waals surface area contributed by atoms with Gasteiger partial charge in [0.15, 0.2) is 0 Å². The van der Waals surface area contributed by atoms with Crippen molar-refractivity contribution < 1.29 is 4.74 Å². The highest BCUT2D eigenvalue weighted by atomic mass is 32.1. The van der Waals surface area contributed by atoms with E-state index in [9.17, 15) is 0 Å². The van der Waals surface area contributed by atoms with E-state index in [4.69, 9.17) is 10.5 Å². The van der Waals surface area contributed by atoms with E-state index in [0.717, 1.165) is 19.4 Å². The smallest absolute Gasteiger partial charge is 0.0808 e. The van der Waals surface area contributed by atoms with Gasteiger partial charge in [0.1, 0.15) is 0 Å². The summed E-state index contributed by atoms with van der Waals surface area (Å²) in [7, 11) is 0. The summed E-state index contributed by atoms with van der Waals surface area (Å²) in [6.07, 6.45) is 4.46. The van der Waals surface area contributed by atoms with E-state index in [1.807, 2.05) is 0 Å². The van der Waals surface area contributed by atoms with Crippen LogP contribution in [-0.4, -0.2) is 18.2 Å². The molecule has 0 saturated carbocycles. The number of thiophene rings is 1. The number of rotatable bonds is 3. The van der Waals surface area contributed by atoms with Crippen molar-refractivity contribution >= 4 is 11.3 Å². The minimum Gasteiger partial charge on any atom is -0.374 e. The highest BCUT2D eigenvalue weighted by Gasteiger charge is 2.34. The molecule has 1 aliphatic rings. The molecule has 1 fully saturated rings. The SMILES string of the molecule is CC1(C(N)Cc2cccs2)CCCCO1. The predicted molar refractivity (Wildman–Crippen MR) is 64.2 cm³/mol. The molecule has 0 aromatic carbocycles. The Morgan fingerprint density at radius 3 is 3.07 bits per heavy atom. The van der Waals surface area contributed by atoms with Crippen molar-refractivity contribution in [2.45, 2.75) is 44.2 Å². The minimum absolute atomic E-state index is 0.109. The maximum Gasteiger partial charge on any atom is 0.0808 e. The van der Waals surface area contributed by atoms with E-state index in [-0.39, 0.29) is 11.6 Å². The molecule has 15 heavy (non-hydrogen) atoms. The van der Waals surface area contributed by atoms with Crippen molar-refractivity contribution in [1.29, 1.82) is 0 Å². The summed E-state index contributed by atoms with van der Waals surface area (Å²) in [6, 6.07) is 4.35. The fraction of sp³-hybridized carbons (Fsp3) is 0.667. The maximum atomic E-state index is 6.26. The zero-order chi connectivity index (χ0) is 10.7.